The minimum Gasteiger partial charge on any atom is -0.405 e. The molecule has 0 radical (unpaired) electrons. The molecular weight excluding hydrogens is 380 g/mol. The number of rotatable bonds is 16. The van der Waals surface area contributed by atoms with Gasteiger partial charge >= 0.3 is 0 Å². The van der Waals surface area contributed by atoms with E-state index < -0.39 is 8.32 Å². The van der Waals surface area contributed by atoms with Crippen molar-refractivity contribution in [3.05, 3.63) is 60.7 Å². The second-order valence-corrected chi connectivity index (χ2v) is 12.3. The Hall–Kier alpha value is -1.38. The minimum absolute atomic E-state index is 0.358. The van der Waals surface area contributed by atoms with E-state index in [2.05, 4.69) is 81.1 Å². The third-order valence-corrected chi connectivity index (χ3v) is 10.1. The van der Waals surface area contributed by atoms with Crippen molar-refractivity contribution in [2.75, 3.05) is 0 Å². The van der Waals surface area contributed by atoms with Crippen molar-refractivity contribution in [1.29, 1.82) is 0 Å². The SMILES string of the molecule is CCCCCCCCCCCCC(CC)O[Si](C)(c1ccccc1)c1ccccc1. The van der Waals surface area contributed by atoms with E-state index >= 15 is 0 Å². The second-order valence-electron chi connectivity index (χ2n) is 8.88. The highest BCUT2D eigenvalue weighted by molar-refractivity contribution is 6.96. The van der Waals surface area contributed by atoms with Crippen LogP contribution < -0.4 is 10.4 Å². The first kappa shape index (κ1) is 24.9. The van der Waals surface area contributed by atoms with E-state index in [0.29, 0.717) is 6.10 Å². The molecule has 0 amide bonds. The van der Waals surface area contributed by atoms with Crippen molar-refractivity contribution in [3.8, 4) is 0 Å². The lowest BCUT2D eigenvalue weighted by Crippen LogP contribution is -2.59. The van der Waals surface area contributed by atoms with Gasteiger partial charge in [-0.1, -0.05) is 139 Å². The fourth-order valence-corrected chi connectivity index (χ4v) is 7.57. The van der Waals surface area contributed by atoms with Gasteiger partial charge in [0, 0.05) is 6.10 Å². The van der Waals surface area contributed by atoms with Crippen molar-refractivity contribution in [2.45, 2.75) is 104 Å². The first-order chi connectivity index (χ1) is 14.7. The lowest BCUT2D eigenvalue weighted by atomic mass is 10.0. The Kier molecular flexibility index (Phi) is 12.1. The molecular formula is C28H44OSi. The van der Waals surface area contributed by atoms with Crippen LogP contribution in [-0.4, -0.2) is 14.4 Å². The van der Waals surface area contributed by atoms with E-state index in [1.165, 1.54) is 81.0 Å². The Morgan fingerprint density at radius 1 is 0.633 bits per heavy atom. The van der Waals surface area contributed by atoms with E-state index in [1.54, 1.807) is 0 Å². The molecule has 0 saturated heterocycles. The van der Waals surface area contributed by atoms with Gasteiger partial charge in [-0.2, -0.15) is 0 Å². The molecule has 0 spiro atoms. The van der Waals surface area contributed by atoms with Gasteiger partial charge in [-0.25, -0.2) is 0 Å². The molecule has 0 N–H and O–H groups in total. The summed E-state index contributed by atoms with van der Waals surface area (Å²) in [5.74, 6) is 0. The van der Waals surface area contributed by atoms with Gasteiger partial charge in [-0.15, -0.1) is 0 Å². The Morgan fingerprint density at radius 2 is 1.07 bits per heavy atom. The minimum atomic E-state index is -2.18. The number of hydrogen-bond donors (Lipinski definition) is 0. The fourth-order valence-electron chi connectivity index (χ4n) is 4.35. The summed E-state index contributed by atoms with van der Waals surface area (Å²) in [5.41, 5.74) is 0. The van der Waals surface area contributed by atoms with Crippen LogP contribution in [-0.2, 0) is 4.43 Å². The van der Waals surface area contributed by atoms with E-state index in [-0.39, 0.29) is 0 Å². The molecule has 2 aromatic carbocycles. The molecule has 1 nitrogen and oxygen atoms in total. The third kappa shape index (κ3) is 8.39. The lowest BCUT2D eigenvalue weighted by molar-refractivity contribution is 0.180. The Labute approximate surface area is 187 Å². The van der Waals surface area contributed by atoms with E-state index in [0.717, 1.165) is 6.42 Å². The highest BCUT2D eigenvalue weighted by Gasteiger charge is 2.36. The molecule has 0 aliphatic heterocycles. The van der Waals surface area contributed by atoms with Crippen LogP contribution in [0, 0.1) is 0 Å². The Morgan fingerprint density at radius 3 is 1.50 bits per heavy atom. The molecule has 2 rings (SSSR count). The Balaban J connectivity index is 1.82. The zero-order valence-corrected chi connectivity index (χ0v) is 20.7. The molecule has 2 aromatic rings. The molecule has 1 atom stereocenters. The summed E-state index contributed by atoms with van der Waals surface area (Å²) >= 11 is 0. The van der Waals surface area contributed by atoms with Crippen LogP contribution in [0.25, 0.3) is 0 Å². The quantitative estimate of drug-likeness (QED) is 0.200. The number of unbranched alkanes of at least 4 members (excludes halogenated alkanes) is 9. The molecule has 0 aliphatic carbocycles. The summed E-state index contributed by atoms with van der Waals surface area (Å²) < 4.78 is 6.98. The van der Waals surface area contributed by atoms with Crippen LogP contribution in [0.3, 0.4) is 0 Å². The fraction of sp³-hybridized carbons (Fsp3) is 0.571. The van der Waals surface area contributed by atoms with Gasteiger partial charge in [0.15, 0.2) is 0 Å². The summed E-state index contributed by atoms with van der Waals surface area (Å²) in [6, 6.07) is 21.8. The molecule has 0 aromatic heterocycles. The van der Waals surface area contributed by atoms with Gasteiger partial charge in [0.1, 0.15) is 0 Å². The van der Waals surface area contributed by atoms with E-state index in [4.69, 9.17) is 4.43 Å². The monoisotopic (exact) mass is 424 g/mol. The second kappa shape index (κ2) is 14.6. The van der Waals surface area contributed by atoms with Crippen molar-refractivity contribution in [1.82, 2.24) is 0 Å². The summed E-state index contributed by atoms with van der Waals surface area (Å²) in [6.45, 7) is 6.95. The van der Waals surface area contributed by atoms with Crippen LogP contribution in [0.1, 0.15) is 90.9 Å². The number of benzene rings is 2. The van der Waals surface area contributed by atoms with Gasteiger partial charge in [0.2, 0.25) is 0 Å². The third-order valence-electron chi connectivity index (χ3n) is 6.39. The van der Waals surface area contributed by atoms with E-state index in [9.17, 15) is 0 Å². The van der Waals surface area contributed by atoms with Gasteiger partial charge in [-0.05, 0) is 29.8 Å². The first-order valence-electron chi connectivity index (χ1n) is 12.5. The van der Waals surface area contributed by atoms with Crippen LogP contribution in [0.2, 0.25) is 6.55 Å². The van der Waals surface area contributed by atoms with Crippen molar-refractivity contribution < 1.29 is 4.43 Å². The maximum Gasteiger partial charge on any atom is 0.253 e. The zero-order valence-electron chi connectivity index (χ0n) is 19.7. The molecule has 30 heavy (non-hydrogen) atoms. The van der Waals surface area contributed by atoms with Gasteiger partial charge in [-0.3, -0.25) is 0 Å². The van der Waals surface area contributed by atoms with Gasteiger partial charge in [0.25, 0.3) is 8.32 Å². The summed E-state index contributed by atoms with van der Waals surface area (Å²) in [4.78, 5) is 0. The molecule has 0 heterocycles. The smallest absolute Gasteiger partial charge is 0.253 e. The Bertz CT molecular complexity index is 615. The molecule has 0 fully saturated rings. The highest BCUT2D eigenvalue weighted by atomic mass is 28.4. The highest BCUT2D eigenvalue weighted by Crippen LogP contribution is 2.18. The lowest BCUT2D eigenvalue weighted by Gasteiger charge is -2.33. The molecule has 0 bridgehead atoms. The maximum atomic E-state index is 6.98. The predicted molar refractivity (Wildman–Crippen MR) is 135 cm³/mol. The average Bonchev–Trinajstić information content (AvgIpc) is 2.80. The molecule has 2 heteroatoms. The van der Waals surface area contributed by atoms with Crippen molar-refractivity contribution >= 4 is 18.7 Å². The average molecular weight is 425 g/mol. The summed E-state index contributed by atoms with van der Waals surface area (Å²) in [6.07, 6.45) is 16.5. The van der Waals surface area contributed by atoms with Crippen LogP contribution in [0.5, 0.6) is 0 Å². The van der Waals surface area contributed by atoms with Gasteiger partial charge in [0.05, 0.1) is 0 Å². The molecule has 166 valence electrons. The van der Waals surface area contributed by atoms with Crippen LogP contribution in [0.4, 0.5) is 0 Å². The topological polar surface area (TPSA) is 9.23 Å². The van der Waals surface area contributed by atoms with Crippen LogP contribution in [0.15, 0.2) is 60.7 Å². The first-order valence-corrected chi connectivity index (χ1v) is 14.9. The van der Waals surface area contributed by atoms with Crippen molar-refractivity contribution in [3.63, 3.8) is 0 Å². The molecule has 0 aliphatic rings. The van der Waals surface area contributed by atoms with Gasteiger partial charge < -0.3 is 4.43 Å². The normalized spacial score (nSPS) is 12.8. The standard InChI is InChI=1S/C28H44OSi/c1-4-6-7-8-9-10-11-12-13-16-21-26(5-2)29-30(3,27-22-17-14-18-23-27)28-24-19-15-20-25-28/h14-15,17-20,22-26H,4-13,16,21H2,1-3H3. The number of hydrogen-bond acceptors (Lipinski definition) is 1. The van der Waals surface area contributed by atoms with E-state index in [1.807, 2.05) is 0 Å². The van der Waals surface area contributed by atoms with Crippen LogP contribution >= 0.6 is 0 Å². The predicted octanol–water partition coefficient (Wildman–Crippen LogP) is 7.48. The summed E-state index contributed by atoms with van der Waals surface area (Å²) in [7, 11) is -2.18. The molecule has 1 unspecified atom stereocenters. The summed E-state index contributed by atoms with van der Waals surface area (Å²) in [5, 5.41) is 2.75. The van der Waals surface area contributed by atoms with Crippen molar-refractivity contribution in [2.24, 2.45) is 0 Å². The largest absolute Gasteiger partial charge is 0.405 e. The molecule has 0 saturated carbocycles. The maximum absolute atomic E-state index is 6.98. The zero-order chi connectivity index (χ0) is 21.5.